The van der Waals surface area contributed by atoms with Gasteiger partial charge < -0.3 is 4.57 Å². The van der Waals surface area contributed by atoms with Crippen LogP contribution in [0.15, 0.2) is 194 Å². The molecule has 0 saturated heterocycles. The maximum Gasteiger partial charge on any atom is 0.235 e. The Labute approximate surface area is 322 Å². The summed E-state index contributed by atoms with van der Waals surface area (Å²) in [6, 6.07) is 69.6. The summed E-state index contributed by atoms with van der Waals surface area (Å²) in [6.45, 7) is 0. The molecule has 0 N–H and O–H groups in total. The summed E-state index contributed by atoms with van der Waals surface area (Å²) in [6.07, 6.45) is 0. The minimum absolute atomic E-state index is 0.657. The van der Waals surface area contributed by atoms with Gasteiger partial charge in [-0.1, -0.05) is 152 Å². The zero-order valence-corrected chi connectivity index (χ0v) is 30.3. The van der Waals surface area contributed by atoms with Gasteiger partial charge in [-0.2, -0.15) is 0 Å². The number of hydrogen-bond donors (Lipinski definition) is 0. The molecule has 3 aromatic heterocycles. The number of para-hydroxylation sites is 4. The maximum atomic E-state index is 5.49. The largest absolute Gasteiger partial charge is 0.309 e. The molecule has 0 saturated carbocycles. The van der Waals surface area contributed by atoms with Crippen molar-refractivity contribution < 1.29 is 0 Å². The predicted octanol–water partition coefficient (Wildman–Crippen LogP) is 13.5. The van der Waals surface area contributed by atoms with Gasteiger partial charge >= 0.3 is 0 Å². The van der Waals surface area contributed by atoms with Crippen LogP contribution < -0.4 is 0 Å². The van der Waals surface area contributed by atoms with Crippen LogP contribution in [0.1, 0.15) is 0 Å². The molecule has 0 unspecified atom stereocenters. The lowest BCUT2D eigenvalue weighted by Gasteiger charge is -2.15. The molecule has 12 rings (SSSR count). The lowest BCUT2D eigenvalue weighted by atomic mass is 9.94. The van der Waals surface area contributed by atoms with Crippen LogP contribution in [0.4, 0.5) is 0 Å². The van der Waals surface area contributed by atoms with E-state index < -0.39 is 0 Å². The molecule has 4 nitrogen and oxygen atoms in total. The average Bonchev–Trinajstić information content (AvgIpc) is 3.78. The predicted molar refractivity (Wildman–Crippen MR) is 234 cm³/mol. The van der Waals surface area contributed by atoms with E-state index in [1.165, 1.54) is 54.5 Å². The lowest BCUT2D eigenvalue weighted by molar-refractivity contribution is 1.02. The highest BCUT2D eigenvalue weighted by Crippen LogP contribution is 2.43. The molecule has 9 aromatic carbocycles. The normalized spacial score (nSPS) is 11.9. The first-order valence-electron chi connectivity index (χ1n) is 19.1. The first-order chi connectivity index (χ1) is 27.8. The highest BCUT2D eigenvalue weighted by molar-refractivity contribution is 6.22. The molecule has 0 amide bonds. The number of hydrogen-bond acceptors (Lipinski definition) is 2. The topological polar surface area (TPSA) is 35.6 Å². The summed E-state index contributed by atoms with van der Waals surface area (Å²) < 4.78 is 4.68. The van der Waals surface area contributed by atoms with Gasteiger partial charge in [-0.25, -0.2) is 9.97 Å². The molecule has 3 heterocycles. The fourth-order valence-electron chi connectivity index (χ4n) is 9.06. The van der Waals surface area contributed by atoms with Gasteiger partial charge in [-0.15, -0.1) is 0 Å². The minimum Gasteiger partial charge on any atom is -0.309 e. The van der Waals surface area contributed by atoms with E-state index in [0.29, 0.717) is 5.95 Å². The molecule has 56 heavy (non-hydrogen) atoms. The van der Waals surface area contributed by atoms with Gasteiger partial charge in [-0.05, 0) is 69.8 Å². The summed E-state index contributed by atoms with van der Waals surface area (Å²) >= 11 is 0. The van der Waals surface area contributed by atoms with Crippen LogP contribution >= 0.6 is 0 Å². The Morgan fingerprint density at radius 3 is 1.77 bits per heavy atom. The second-order valence-corrected chi connectivity index (χ2v) is 14.6. The van der Waals surface area contributed by atoms with Crippen molar-refractivity contribution in [2.45, 2.75) is 0 Å². The Morgan fingerprint density at radius 2 is 0.946 bits per heavy atom. The van der Waals surface area contributed by atoms with Crippen molar-refractivity contribution >= 4 is 76.1 Å². The number of fused-ring (bicyclic) bond motifs is 10. The summed E-state index contributed by atoms with van der Waals surface area (Å²) in [4.78, 5) is 10.8. The van der Waals surface area contributed by atoms with Crippen LogP contribution in [0.5, 0.6) is 0 Å². The van der Waals surface area contributed by atoms with E-state index in [1.54, 1.807) is 0 Å². The van der Waals surface area contributed by atoms with Gasteiger partial charge in [0.25, 0.3) is 0 Å². The van der Waals surface area contributed by atoms with Crippen LogP contribution in [0.25, 0.3) is 110 Å². The van der Waals surface area contributed by atoms with E-state index in [1.807, 2.05) is 0 Å². The standard InChI is InChI=1S/C52H32N4/c1-2-17-35(18-3-1)55-47-27-12-9-21-38(47)40-30-29-34(31-49(40)55)44-32-45-39-22-10-13-28-48(39)56(51(45)42-23-7-6-20-37(42)44)52-53-46-26-11-8-24-43(46)50(54-52)41-25-14-16-33-15-4-5-19-36(33)41/h1-32H. The highest BCUT2D eigenvalue weighted by atomic mass is 15.2. The molecule has 0 spiro atoms. The smallest absolute Gasteiger partial charge is 0.235 e. The van der Waals surface area contributed by atoms with E-state index in [-0.39, 0.29) is 0 Å². The SMILES string of the molecule is c1ccc(-n2c3ccccc3c3ccc(-c4cc5c6ccccc6n(-c6nc(-c7cccc8ccccc78)c7ccccc7n6)c5c5ccccc45)cc32)cc1. The summed E-state index contributed by atoms with van der Waals surface area (Å²) in [7, 11) is 0. The third-order valence-corrected chi connectivity index (χ3v) is 11.5. The van der Waals surface area contributed by atoms with Crippen LogP contribution in [0.3, 0.4) is 0 Å². The van der Waals surface area contributed by atoms with Crippen molar-refractivity contribution in [1.82, 2.24) is 19.1 Å². The molecule has 0 atom stereocenters. The van der Waals surface area contributed by atoms with E-state index in [2.05, 4.69) is 203 Å². The molecule has 0 bridgehead atoms. The molecule has 260 valence electrons. The fraction of sp³-hybridized carbons (Fsp3) is 0. The van der Waals surface area contributed by atoms with Crippen LogP contribution in [0.2, 0.25) is 0 Å². The molecule has 0 radical (unpaired) electrons. The Kier molecular flexibility index (Phi) is 6.60. The van der Waals surface area contributed by atoms with Gasteiger partial charge in [0.2, 0.25) is 5.95 Å². The number of aromatic nitrogens is 4. The van der Waals surface area contributed by atoms with Crippen molar-refractivity contribution in [1.29, 1.82) is 0 Å². The number of benzene rings is 9. The Morgan fingerprint density at radius 1 is 0.339 bits per heavy atom. The fourth-order valence-corrected chi connectivity index (χ4v) is 9.06. The van der Waals surface area contributed by atoms with Gasteiger partial charge in [0, 0.05) is 43.6 Å². The molecule has 0 aliphatic carbocycles. The average molecular weight is 713 g/mol. The number of rotatable bonds is 4. The molecular formula is C52H32N4. The molecule has 0 aliphatic rings. The van der Waals surface area contributed by atoms with Gasteiger partial charge in [0.15, 0.2) is 0 Å². The van der Waals surface area contributed by atoms with Crippen LogP contribution in [0, 0.1) is 0 Å². The summed E-state index contributed by atoms with van der Waals surface area (Å²) in [5, 5.41) is 10.6. The first kappa shape index (κ1) is 30.9. The summed E-state index contributed by atoms with van der Waals surface area (Å²) in [5.41, 5.74) is 11.0. The zero-order chi connectivity index (χ0) is 36.7. The maximum absolute atomic E-state index is 5.49. The monoisotopic (exact) mass is 712 g/mol. The number of nitrogens with zero attached hydrogens (tertiary/aromatic N) is 4. The second kappa shape index (κ2) is 12.0. The van der Waals surface area contributed by atoms with Crippen LogP contribution in [-0.2, 0) is 0 Å². The molecular weight excluding hydrogens is 681 g/mol. The molecule has 4 heteroatoms. The lowest BCUT2D eigenvalue weighted by Crippen LogP contribution is -2.04. The Bertz CT molecular complexity index is 3530. The van der Waals surface area contributed by atoms with E-state index >= 15 is 0 Å². The molecule has 0 fully saturated rings. The van der Waals surface area contributed by atoms with Crippen molar-refractivity contribution in [2.24, 2.45) is 0 Å². The minimum atomic E-state index is 0.657. The summed E-state index contributed by atoms with van der Waals surface area (Å²) in [5.74, 6) is 0.657. The van der Waals surface area contributed by atoms with E-state index in [4.69, 9.17) is 9.97 Å². The Hall–Kier alpha value is -7.56. The third-order valence-electron chi connectivity index (χ3n) is 11.5. The first-order valence-corrected chi connectivity index (χ1v) is 19.1. The van der Waals surface area contributed by atoms with Gasteiger partial charge in [0.05, 0.1) is 33.3 Å². The van der Waals surface area contributed by atoms with Crippen molar-refractivity contribution in [3.8, 4) is 34.0 Å². The molecule has 12 aromatic rings. The van der Waals surface area contributed by atoms with Crippen LogP contribution in [-0.4, -0.2) is 19.1 Å². The van der Waals surface area contributed by atoms with Gasteiger partial charge in [0.1, 0.15) is 0 Å². The van der Waals surface area contributed by atoms with Crippen molar-refractivity contribution in [2.75, 3.05) is 0 Å². The second-order valence-electron chi connectivity index (χ2n) is 14.6. The van der Waals surface area contributed by atoms with E-state index in [9.17, 15) is 0 Å². The van der Waals surface area contributed by atoms with Gasteiger partial charge in [-0.3, -0.25) is 4.57 Å². The van der Waals surface area contributed by atoms with Crippen molar-refractivity contribution in [3.63, 3.8) is 0 Å². The highest BCUT2D eigenvalue weighted by Gasteiger charge is 2.22. The zero-order valence-electron chi connectivity index (χ0n) is 30.3. The Balaban J connectivity index is 1.16. The quantitative estimate of drug-likeness (QED) is 0.182. The molecule has 0 aliphatic heterocycles. The van der Waals surface area contributed by atoms with E-state index in [0.717, 1.165) is 49.7 Å². The third kappa shape index (κ3) is 4.47. The van der Waals surface area contributed by atoms with Crippen molar-refractivity contribution in [3.05, 3.63) is 194 Å².